The predicted molar refractivity (Wildman–Crippen MR) is 30.8 cm³/mol. The first-order valence-corrected chi connectivity index (χ1v) is 4.43. The van der Waals surface area contributed by atoms with Gasteiger partial charge in [-0.2, -0.15) is 0 Å². The van der Waals surface area contributed by atoms with Gasteiger partial charge in [-0.3, -0.25) is 8.88 Å². The van der Waals surface area contributed by atoms with Crippen LogP contribution in [0.4, 0.5) is 0 Å². The topological polar surface area (TPSA) is 168 Å². The van der Waals surface area contributed by atoms with Gasteiger partial charge in [-0.1, -0.05) is 0 Å². The van der Waals surface area contributed by atoms with Crippen molar-refractivity contribution in [2.75, 3.05) is 0 Å². The van der Waals surface area contributed by atoms with E-state index in [0.717, 1.165) is 0 Å². The van der Waals surface area contributed by atoms with Crippen LogP contribution in [0.3, 0.4) is 0 Å². The van der Waals surface area contributed by atoms with Crippen LogP contribution in [0.1, 0.15) is 0 Å². The maximum atomic E-state index is 9.44. The van der Waals surface area contributed by atoms with Crippen molar-refractivity contribution in [3.05, 3.63) is 0 Å². The molecule has 0 bridgehead atoms. The van der Waals surface area contributed by atoms with Gasteiger partial charge >= 0.3 is 132 Å². The molecule has 0 aromatic carbocycles. The normalized spacial score (nSPS) is 12.3. The van der Waals surface area contributed by atoms with Gasteiger partial charge in [-0.05, 0) is 0 Å². The third-order valence-corrected chi connectivity index (χ3v) is 1.83. The molecule has 0 amide bonds. The molecule has 0 aliphatic rings. The second-order valence-corrected chi connectivity index (χ2v) is 3.48. The zero-order valence-electron chi connectivity index (χ0n) is 7.91. The molecule has 4 N–H and O–H groups in total. The third kappa shape index (κ3) is 36.0. The third-order valence-electron chi connectivity index (χ3n) is 0.203. The minimum atomic E-state index is -5.61. The molecule has 14 heavy (non-hydrogen) atoms. The van der Waals surface area contributed by atoms with Gasteiger partial charge in [0.05, 0.1) is 7.82 Å². The molecule has 72 valence electrons. The molecule has 8 nitrogen and oxygen atoms in total. The standard InChI is InChI=1S/ClH.2K.H3N.Na.H4O7P2/c;;;;;1-8(2,3)7-9(4,5)6/h1H;;;1H3;;(H2,1,2,3)(H2,4,5,6)/q;2*+1;;+1;/p-3. The Kier molecular flexibility index (Phi) is 41.1. The molecule has 1 unspecified atom stereocenters. The summed E-state index contributed by atoms with van der Waals surface area (Å²) in [5.74, 6) is 0. The minimum absolute atomic E-state index is 0. The van der Waals surface area contributed by atoms with Crippen LogP contribution < -0.4 is 153 Å². The first-order valence-electron chi connectivity index (χ1n) is 1.48. The van der Waals surface area contributed by atoms with E-state index < -0.39 is 15.6 Å². The monoisotopic (exact) mass is 329 g/mol. The summed E-state index contributed by atoms with van der Waals surface area (Å²) in [6.45, 7) is 0. The fraction of sp³-hybridized carbons (Fsp3) is 0. The van der Waals surface area contributed by atoms with E-state index in [-0.39, 0.29) is 151 Å². The van der Waals surface area contributed by atoms with Crippen molar-refractivity contribution in [1.29, 1.82) is 0 Å². The molecule has 0 aromatic rings. The number of hydrogen-bond donors (Lipinski definition) is 2. The molecular formula is H5ClK2NNaO7P2. The summed E-state index contributed by atoms with van der Waals surface area (Å²) in [6, 6.07) is 0. The van der Waals surface area contributed by atoms with E-state index in [1.54, 1.807) is 0 Å². The summed E-state index contributed by atoms with van der Waals surface area (Å²) in [4.78, 5) is 35.7. The van der Waals surface area contributed by atoms with E-state index >= 15 is 0 Å². The molecule has 0 aliphatic heterocycles. The molecule has 1 atom stereocenters. The summed E-state index contributed by atoms with van der Waals surface area (Å²) in [5, 5.41) is 0. The number of rotatable bonds is 2. The summed E-state index contributed by atoms with van der Waals surface area (Å²) >= 11 is 0. The fourth-order valence-corrected chi connectivity index (χ4v) is 1.14. The van der Waals surface area contributed by atoms with Crippen LogP contribution in [-0.2, 0) is 13.4 Å². The second-order valence-electron chi connectivity index (χ2n) is 0.997. The van der Waals surface area contributed by atoms with Crippen molar-refractivity contribution in [3.63, 3.8) is 0 Å². The van der Waals surface area contributed by atoms with Gasteiger partial charge in [0.1, 0.15) is 0 Å². The van der Waals surface area contributed by atoms with E-state index in [1.807, 2.05) is 0 Å². The molecule has 0 fully saturated rings. The summed E-state index contributed by atoms with van der Waals surface area (Å²) in [6.07, 6.45) is 0. The van der Waals surface area contributed by atoms with Gasteiger partial charge in [0.2, 0.25) is 0 Å². The SMILES string of the molecule is Cl.N.O=P([O-])([O-])OP(=O)([O-])O.[K+].[K+].[Na+]. The van der Waals surface area contributed by atoms with Crippen molar-refractivity contribution in [3.8, 4) is 0 Å². The molecule has 0 heterocycles. The average Bonchev–Trinajstić information content (AvgIpc) is 1.14. The fourth-order valence-electron chi connectivity index (χ4n) is 0.126. The van der Waals surface area contributed by atoms with Crippen LogP contribution >= 0.6 is 28.1 Å². The van der Waals surface area contributed by atoms with E-state index in [0.29, 0.717) is 0 Å². The van der Waals surface area contributed by atoms with Crippen molar-refractivity contribution in [1.82, 2.24) is 6.15 Å². The second kappa shape index (κ2) is 15.8. The number of phosphoric acid groups is 2. The first-order chi connectivity index (χ1) is 3.71. The van der Waals surface area contributed by atoms with Gasteiger partial charge in [-0.15, -0.1) is 12.4 Å². The van der Waals surface area contributed by atoms with Gasteiger partial charge in [0.25, 0.3) is 7.82 Å². The molecule has 0 spiro atoms. The van der Waals surface area contributed by atoms with Crippen molar-refractivity contribution in [2.45, 2.75) is 0 Å². The Morgan fingerprint density at radius 2 is 1.29 bits per heavy atom. The van der Waals surface area contributed by atoms with Crippen LogP contribution in [0.15, 0.2) is 0 Å². The maximum absolute atomic E-state index is 9.44. The summed E-state index contributed by atoms with van der Waals surface area (Å²) in [5.41, 5.74) is 0. The van der Waals surface area contributed by atoms with Gasteiger partial charge < -0.3 is 30.3 Å². The van der Waals surface area contributed by atoms with Crippen molar-refractivity contribution < 1.29 is 165 Å². The molecule has 0 aliphatic carbocycles. The molecule has 0 rings (SSSR count). The predicted octanol–water partition coefficient (Wildman–Crippen LogP) is -11.1. The van der Waals surface area contributed by atoms with Crippen molar-refractivity contribution in [2.24, 2.45) is 0 Å². The Balaban J connectivity index is -0.0000000320. The van der Waals surface area contributed by atoms with Gasteiger partial charge in [-0.25, -0.2) is 0 Å². The average molecular weight is 330 g/mol. The van der Waals surface area contributed by atoms with Crippen LogP contribution in [-0.4, -0.2) is 4.89 Å². The number of hydrogen-bond acceptors (Lipinski definition) is 7. The van der Waals surface area contributed by atoms with Crippen LogP contribution in [0.2, 0.25) is 0 Å². The van der Waals surface area contributed by atoms with E-state index in [1.165, 1.54) is 0 Å². The quantitative estimate of drug-likeness (QED) is 0.372. The first kappa shape index (κ1) is 36.4. The smallest absolute Gasteiger partial charge is 0.790 e. The van der Waals surface area contributed by atoms with E-state index in [9.17, 15) is 23.8 Å². The summed E-state index contributed by atoms with van der Waals surface area (Å²) < 4.78 is 21.4. The van der Waals surface area contributed by atoms with Crippen LogP contribution in [0.25, 0.3) is 0 Å². The molecule has 0 saturated heterocycles. The van der Waals surface area contributed by atoms with Crippen LogP contribution in [0.5, 0.6) is 0 Å². The Labute approximate surface area is 194 Å². The Morgan fingerprint density at radius 1 is 1.07 bits per heavy atom. The molecule has 0 aromatic heterocycles. The Hall–Kier alpha value is 4.78. The van der Waals surface area contributed by atoms with Gasteiger partial charge in [0.15, 0.2) is 0 Å². The Morgan fingerprint density at radius 3 is 1.29 bits per heavy atom. The van der Waals surface area contributed by atoms with Crippen LogP contribution in [0, 0.1) is 0 Å². The summed E-state index contributed by atoms with van der Waals surface area (Å²) in [7, 11) is -11.0. The maximum Gasteiger partial charge on any atom is 1.00 e. The largest absolute Gasteiger partial charge is 1.00 e. The van der Waals surface area contributed by atoms with E-state index in [2.05, 4.69) is 4.31 Å². The number of halogens is 1. The minimum Gasteiger partial charge on any atom is -0.790 e. The van der Waals surface area contributed by atoms with Gasteiger partial charge in [0, 0.05) is 0 Å². The zero-order valence-corrected chi connectivity index (χ0v) is 18.8. The molecule has 0 saturated carbocycles. The zero-order chi connectivity index (χ0) is 7.71. The molecular weight excluding hydrogens is 325 g/mol. The van der Waals surface area contributed by atoms with E-state index in [4.69, 9.17) is 4.89 Å². The Bertz CT molecular complexity index is 170. The van der Waals surface area contributed by atoms with Crippen molar-refractivity contribution >= 4 is 28.1 Å². The molecule has 14 heteroatoms. The molecule has 0 radical (unpaired) electrons.